The van der Waals surface area contributed by atoms with E-state index in [1.807, 2.05) is 0 Å². The van der Waals surface area contributed by atoms with Gasteiger partial charge in [0.1, 0.15) is 12.0 Å². The second-order valence-electron chi connectivity index (χ2n) is 4.81. The van der Waals surface area contributed by atoms with Crippen LogP contribution in [0.4, 0.5) is 13.2 Å². The Bertz CT molecular complexity index is 538. The molecule has 2 rings (SSSR count). The van der Waals surface area contributed by atoms with Crippen molar-refractivity contribution < 1.29 is 27.2 Å². The number of amides is 2. The van der Waals surface area contributed by atoms with Gasteiger partial charge in [-0.25, -0.2) is 0 Å². The quantitative estimate of drug-likeness (QED) is 0.892. The Morgan fingerprint density at radius 1 is 1.40 bits per heavy atom. The maximum Gasteiger partial charge on any atom is 0.394 e. The Morgan fingerprint density at radius 3 is 2.45 bits per heavy atom. The molecule has 110 valence electrons. The van der Waals surface area contributed by atoms with Crippen LogP contribution in [0.15, 0.2) is 16.7 Å². The zero-order chi connectivity index (χ0) is 15.1. The maximum atomic E-state index is 12.9. The van der Waals surface area contributed by atoms with Crippen LogP contribution in [0.1, 0.15) is 16.1 Å². The highest BCUT2D eigenvalue weighted by Crippen LogP contribution is 2.37. The number of rotatable bonds is 2. The fourth-order valence-electron chi connectivity index (χ4n) is 2.33. The van der Waals surface area contributed by atoms with Crippen LogP contribution in [0.2, 0.25) is 0 Å². The van der Waals surface area contributed by atoms with Crippen LogP contribution >= 0.6 is 0 Å². The average Bonchev–Trinajstić information content (AvgIpc) is 2.93. The normalized spacial score (nSPS) is 23.1. The summed E-state index contributed by atoms with van der Waals surface area (Å²) >= 11 is 0. The molecule has 2 amide bonds. The molecule has 0 unspecified atom stereocenters. The number of nitrogens with zero attached hydrogens (tertiary/aromatic N) is 1. The molecule has 1 aliphatic rings. The zero-order valence-corrected chi connectivity index (χ0v) is 10.6. The summed E-state index contributed by atoms with van der Waals surface area (Å²) in [6.45, 7) is 0.716. The lowest BCUT2D eigenvalue weighted by Gasteiger charge is -2.18. The third-order valence-electron chi connectivity index (χ3n) is 3.37. The van der Waals surface area contributed by atoms with Gasteiger partial charge in [0, 0.05) is 13.1 Å². The third-order valence-corrected chi connectivity index (χ3v) is 3.37. The average molecular weight is 290 g/mol. The molecular formula is C12H13F3N2O3. The topological polar surface area (TPSA) is 76.5 Å². The number of furan rings is 1. The number of carbonyl (C=O) groups excluding carboxylic acids is 2. The van der Waals surface area contributed by atoms with E-state index in [1.165, 1.54) is 12.3 Å². The number of alkyl halides is 3. The summed E-state index contributed by atoms with van der Waals surface area (Å²) in [5.74, 6) is -4.50. The molecule has 0 aliphatic carbocycles. The second kappa shape index (κ2) is 4.84. The van der Waals surface area contributed by atoms with E-state index >= 15 is 0 Å². The predicted molar refractivity (Wildman–Crippen MR) is 61.6 cm³/mol. The first-order chi connectivity index (χ1) is 9.20. The third kappa shape index (κ3) is 2.63. The molecule has 2 atom stereocenters. The SMILES string of the molecule is Cc1cc(C(=O)N2C[C@@H](C(F)(F)F)[C@H](C(N)=O)C2)co1. The summed E-state index contributed by atoms with van der Waals surface area (Å²) in [5.41, 5.74) is 5.16. The Kier molecular flexibility index (Phi) is 3.49. The van der Waals surface area contributed by atoms with Gasteiger partial charge in [0.25, 0.3) is 5.91 Å². The lowest BCUT2D eigenvalue weighted by Crippen LogP contribution is -2.37. The molecule has 0 aromatic carbocycles. The van der Waals surface area contributed by atoms with E-state index in [9.17, 15) is 22.8 Å². The monoisotopic (exact) mass is 290 g/mol. The van der Waals surface area contributed by atoms with Gasteiger partial charge in [-0.05, 0) is 13.0 Å². The largest absolute Gasteiger partial charge is 0.469 e. The van der Waals surface area contributed by atoms with Gasteiger partial charge in [0.05, 0.1) is 17.4 Å². The van der Waals surface area contributed by atoms with Crippen molar-refractivity contribution in [3.05, 3.63) is 23.7 Å². The number of nitrogens with two attached hydrogens (primary N) is 1. The van der Waals surface area contributed by atoms with Crippen LogP contribution in [0.5, 0.6) is 0 Å². The molecule has 1 aromatic heterocycles. The molecule has 2 N–H and O–H groups in total. The van der Waals surface area contributed by atoms with Gasteiger partial charge in [-0.3, -0.25) is 9.59 Å². The summed E-state index contributed by atoms with van der Waals surface area (Å²) in [5, 5.41) is 0. The van der Waals surface area contributed by atoms with Crippen molar-refractivity contribution in [2.24, 2.45) is 17.6 Å². The van der Waals surface area contributed by atoms with Gasteiger partial charge in [-0.1, -0.05) is 0 Å². The smallest absolute Gasteiger partial charge is 0.394 e. The lowest BCUT2D eigenvalue weighted by molar-refractivity contribution is -0.182. The Morgan fingerprint density at radius 2 is 2.05 bits per heavy atom. The number of likely N-dealkylation sites (tertiary alicyclic amines) is 1. The summed E-state index contributed by atoms with van der Waals surface area (Å²) in [6, 6.07) is 1.43. The van der Waals surface area contributed by atoms with Crippen LogP contribution in [0, 0.1) is 18.8 Å². The Labute approximate surface area is 112 Å². The van der Waals surface area contributed by atoms with E-state index in [4.69, 9.17) is 10.2 Å². The molecule has 8 heteroatoms. The molecular weight excluding hydrogens is 277 g/mol. The van der Waals surface area contributed by atoms with Crippen molar-refractivity contribution in [3.63, 3.8) is 0 Å². The molecule has 20 heavy (non-hydrogen) atoms. The molecule has 1 aliphatic heterocycles. The van der Waals surface area contributed by atoms with Crippen molar-refractivity contribution in [1.29, 1.82) is 0 Å². The van der Waals surface area contributed by atoms with Crippen LogP contribution in [0.25, 0.3) is 0 Å². The van der Waals surface area contributed by atoms with E-state index in [-0.39, 0.29) is 12.1 Å². The minimum Gasteiger partial charge on any atom is -0.469 e. The second-order valence-corrected chi connectivity index (χ2v) is 4.81. The van der Waals surface area contributed by atoms with Crippen molar-refractivity contribution >= 4 is 11.8 Å². The highest BCUT2D eigenvalue weighted by atomic mass is 19.4. The van der Waals surface area contributed by atoms with E-state index < -0.39 is 36.4 Å². The summed E-state index contributed by atoms with van der Waals surface area (Å²) in [7, 11) is 0. The summed E-state index contributed by atoms with van der Waals surface area (Å²) in [6.07, 6.45) is -3.39. The molecule has 1 saturated heterocycles. The maximum absolute atomic E-state index is 12.9. The molecule has 1 fully saturated rings. The van der Waals surface area contributed by atoms with Crippen molar-refractivity contribution in [3.8, 4) is 0 Å². The van der Waals surface area contributed by atoms with Crippen LogP contribution in [-0.4, -0.2) is 36.0 Å². The van der Waals surface area contributed by atoms with Gasteiger partial charge >= 0.3 is 6.18 Å². The highest BCUT2D eigenvalue weighted by Gasteiger charge is 2.52. The highest BCUT2D eigenvalue weighted by molar-refractivity contribution is 5.94. The number of primary amides is 1. The van der Waals surface area contributed by atoms with Gasteiger partial charge in [0.2, 0.25) is 5.91 Å². The van der Waals surface area contributed by atoms with Gasteiger partial charge in [-0.2, -0.15) is 13.2 Å². The minimum absolute atomic E-state index is 0.161. The van der Waals surface area contributed by atoms with Gasteiger partial charge < -0.3 is 15.1 Å². The van der Waals surface area contributed by atoms with E-state index in [1.54, 1.807) is 6.92 Å². The van der Waals surface area contributed by atoms with Crippen LogP contribution in [0.3, 0.4) is 0 Å². The molecule has 0 bridgehead atoms. The standard InChI is InChI=1S/C12H13F3N2O3/c1-6-2-7(5-20-6)11(19)17-3-8(10(16)18)9(4-17)12(13,14)15/h2,5,8-9H,3-4H2,1H3,(H2,16,18)/t8-,9-/m1/s1. The van der Waals surface area contributed by atoms with Crippen molar-refractivity contribution in [2.75, 3.05) is 13.1 Å². The number of halogens is 3. The summed E-state index contributed by atoms with van der Waals surface area (Å²) in [4.78, 5) is 24.2. The van der Waals surface area contributed by atoms with E-state index in [2.05, 4.69) is 0 Å². The minimum atomic E-state index is -4.57. The van der Waals surface area contributed by atoms with E-state index in [0.29, 0.717) is 5.76 Å². The number of hydrogen-bond donors (Lipinski definition) is 1. The Hall–Kier alpha value is -1.99. The first kappa shape index (κ1) is 14.4. The molecule has 1 aromatic rings. The van der Waals surface area contributed by atoms with Gasteiger partial charge in [0.15, 0.2) is 0 Å². The number of carbonyl (C=O) groups is 2. The van der Waals surface area contributed by atoms with Crippen molar-refractivity contribution in [2.45, 2.75) is 13.1 Å². The van der Waals surface area contributed by atoms with Crippen LogP contribution in [-0.2, 0) is 4.79 Å². The molecule has 2 heterocycles. The first-order valence-electron chi connectivity index (χ1n) is 5.90. The first-order valence-corrected chi connectivity index (χ1v) is 5.90. The van der Waals surface area contributed by atoms with Crippen LogP contribution < -0.4 is 5.73 Å². The van der Waals surface area contributed by atoms with Crippen molar-refractivity contribution in [1.82, 2.24) is 4.90 Å². The predicted octanol–water partition coefficient (Wildman–Crippen LogP) is 1.32. The molecule has 0 saturated carbocycles. The Balaban J connectivity index is 2.20. The molecule has 5 nitrogen and oxygen atoms in total. The fourth-order valence-corrected chi connectivity index (χ4v) is 2.33. The zero-order valence-electron chi connectivity index (χ0n) is 10.6. The fraction of sp³-hybridized carbons (Fsp3) is 0.500. The molecule has 0 radical (unpaired) electrons. The summed E-state index contributed by atoms with van der Waals surface area (Å²) < 4.78 is 43.5. The van der Waals surface area contributed by atoms with E-state index in [0.717, 1.165) is 4.90 Å². The van der Waals surface area contributed by atoms with Gasteiger partial charge in [-0.15, -0.1) is 0 Å². The molecule has 0 spiro atoms. The lowest BCUT2D eigenvalue weighted by atomic mass is 9.95. The number of hydrogen-bond acceptors (Lipinski definition) is 3. The number of aryl methyl sites for hydroxylation is 1.